The Labute approximate surface area is 169 Å². The zero-order chi connectivity index (χ0) is 20.4. The number of aromatic amines is 2. The number of aromatic nitrogens is 4. The monoisotopic (exact) mass is 384 g/mol. The van der Waals surface area contributed by atoms with Crippen LogP contribution in [-0.4, -0.2) is 34.2 Å². The number of nitrogens with zero attached hydrogens (tertiary/aromatic N) is 2. The van der Waals surface area contributed by atoms with Gasteiger partial charge in [-0.15, -0.1) is 0 Å². The Balaban J connectivity index is 0.000000645. The van der Waals surface area contributed by atoms with Gasteiger partial charge >= 0.3 is 0 Å². The van der Waals surface area contributed by atoms with Gasteiger partial charge in [-0.1, -0.05) is 0 Å². The lowest BCUT2D eigenvalue weighted by Gasteiger charge is -1.89. The maximum absolute atomic E-state index is 4.71. The minimum absolute atomic E-state index is 0.943. The van der Waals surface area contributed by atoms with E-state index >= 15 is 0 Å². The quantitative estimate of drug-likeness (QED) is 0.369. The van der Waals surface area contributed by atoms with Crippen molar-refractivity contribution in [3.63, 3.8) is 0 Å². The first-order chi connectivity index (χ1) is 14.1. The molecule has 0 unspecified atom stereocenters. The number of H-pyrrole nitrogens is 2. The second kappa shape index (κ2) is 7.89. The second-order valence-electron chi connectivity index (χ2n) is 7.15. The summed E-state index contributed by atoms with van der Waals surface area (Å²) in [6.45, 7) is 4.27. The molecule has 5 heteroatoms. The Bertz CT molecular complexity index is 1180. The van der Waals surface area contributed by atoms with E-state index in [0.29, 0.717) is 0 Å². The molecule has 3 aromatic rings. The highest BCUT2D eigenvalue weighted by Gasteiger charge is 2.06. The van der Waals surface area contributed by atoms with Crippen LogP contribution in [0.15, 0.2) is 36.4 Å². The first-order valence-electron chi connectivity index (χ1n) is 9.50. The third-order valence-electron chi connectivity index (χ3n) is 4.93. The fraction of sp³-hybridized carbons (Fsp3) is 0.167. The number of ether oxygens (including phenoxy) is 1. The van der Waals surface area contributed by atoms with Crippen LogP contribution in [-0.2, 0) is 4.74 Å². The van der Waals surface area contributed by atoms with Gasteiger partial charge in [0.25, 0.3) is 0 Å². The molecule has 5 nitrogen and oxygen atoms in total. The second-order valence-corrected chi connectivity index (χ2v) is 7.15. The van der Waals surface area contributed by atoms with E-state index in [2.05, 4.69) is 65.0 Å². The van der Waals surface area contributed by atoms with Gasteiger partial charge in [0, 0.05) is 36.3 Å². The van der Waals surface area contributed by atoms with Gasteiger partial charge in [0.15, 0.2) is 0 Å². The standard InChI is InChI=1S/C22H18N4.C2H6O/c1-13-14(2)22-12-20-8-6-18(25-20)10-16-4-3-15(23-16)9-17-5-7-19(24-17)11-21(13)26-22;1-3-2/h3-12,23,26H,1-2H3;1-2H3. The van der Waals surface area contributed by atoms with Gasteiger partial charge < -0.3 is 14.7 Å². The molecule has 0 spiro atoms. The van der Waals surface area contributed by atoms with E-state index in [1.165, 1.54) is 11.1 Å². The molecule has 0 saturated heterocycles. The van der Waals surface area contributed by atoms with Crippen molar-refractivity contribution in [3.05, 3.63) is 70.3 Å². The van der Waals surface area contributed by atoms with Crippen LogP contribution in [0, 0.1) is 13.8 Å². The van der Waals surface area contributed by atoms with Crippen LogP contribution in [0.2, 0.25) is 0 Å². The lowest BCUT2D eigenvalue weighted by molar-refractivity contribution is 0.277. The van der Waals surface area contributed by atoms with Crippen molar-refractivity contribution in [1.82, 2.24) is 19.9 Å². The predicted molar refractivity (Wildman–Crippen MR) is 121 cm³/mol. The highest BCUT2D eigenvalue weighted by atomic mass is 16.4. The summed E-state index contributed by atoms with van der Waals surface area (Å²) in [7, 11) is 3.25. The molecule has 29 heavy (non-hydrogen) atoms. The van der Waals surface area contributed by atoms with Crippen LogP contribution < -0.4 is 0 Å². The maximum atomic E-state index is 4.71. The van der Waals surface area contributed by atoms with Gasteiger partial charge in [0.2, 0.25) is 0 Å². The number of nitrogens with one attached hydrogen (secondary N) is 2. The molecule has 0 aliphatic carbocycles. The highest BCUT2D eigenvalue weighted by Crippen LogP contribution is 2.22. The van der Waals surface area contributed by atoms with E-state index in [1.807, 2.05) is 24.3 Å². The average molecular weight is 384 g/mol. The first kappa shape index (κ1) is 18.9. The zero-order valence-electron chi connectivity index (χ0n) is 17.1. The summed E-state index contributed by atoms with van der Waals surface area (Å²) in [5, 5.41) is 0. The zero-order valence-corrected chi connectivity index (χ0v) is 17.1. The van der Waals surface area contributed by atoms with Crippen molar-refractivity contribution < 1.29 is 4.74 Å². The van der Waals surface area contributed by atoms with E-state index < -0.39 is 0 Å². The maximum Gasteiger partial charge on any atom is 0.0658 e. The predicted octanol–water partition coefficient (Wildman–Crippen LogP) is 5.54. The van der Waals surface area contributed by atoms with Crippen molar-refractivity contribution in [2.75, 3.05) is 14.2 Å². The van der Waals surface area contributed by atoms with Crippen LogP contribution in [0.3, 0.4) is 0 Å². The van der Waals surface area contributed by atoms with Gasteiger partial charge in [-0.05, 0) is 85.7 Å². The lowest BCUT2D eigenvalue weighted by Crippen LogP contribution is -1.75. The van der Waals surface area contributed by atoms with E-state index in [0.717, 1.165) is 44.8 Å². The summed E-state index contributed by atoms with van der Waals surface area (Å²) in [4.78, 5) is 16.3. The first-order valence-corrected chi connectivity index (χ1v) is 9.50. The van der Waals surface area contributed by atoms with E-state index in [-0.39, 0.29) is 0 Å². The molecule has 2 aliphatic heterocycles. The normalized spacial score (nSPS) is 12.0. The van der Waals surface area contributed by atoms with Crippen molar-refractivity contribution in [1.29, 1.82) is 0 Å². The molecular formula is C24H24N4O. The van der Waals surface area contributed by atoms with Crippen molar-refractivity contribution in [2.24, 2.45) is 0 Å². The summed E-state index contributed by atoms with van der Waals surface area (Å²) in [6.07, 6.45) is 8.17. The molecule has 8 bridgehead atoms. The third kappa shape index (κ3) is 4.05. The van der Waals surface area contributed by atoms with Crippen LogP contribution >= 0.6 is 0 Å². The molecule has 0 radical (unpaired) electrons. The minimum Gasteiger partial charge on any atom is -0.388 e. The lowest BCUT2D eigenvalue weighted by atomic mass is 10.2. The van der Waals surface area contributed by atoms with Gasteiger partial charge in [0.05, 0.1) is 22.8 Å². The highest BCUT2D eigenvalue weighted by molar-refractivity contribution is 5.79. The number of rotatable bonds is 0. The van der Waals surface area contributed by atoms with Crippen LogP contribution in [0.25, 0.3) is 46.4 Å². The Hall–Kier alpha value is -3.44. The number of methoxy groups -OCH3 is 1. The van der Waals surface area contributed by atoms with E-state index in [4.69, 9.17) is 9.97 Å². The summed E-state index contributed by atoms with van der Waals surface area (Å²) in [5.41, 5.74) is 10.5. The Kier molecular flexibility index (Phi) is 5.14. The van der Waals surface area contributed by atoms with Gasteiger partial charge in [-0.2, -0.15) is 0 Å². The molecule has 146 valence electrons. The fourth-order valence-corrected chi connectivity index (χ4v) is 3.35. The van der Waals surface area contributed by atoms with Crippen LogP contribution in [0.1, 0.15) is 33.9 Å². The molecular weight excluding hydrogens is 360 g/mol. The van der Waals surface area contributed by atoms with Crippen molar-refractivity contribution in [3.8, 4) is 0 Å². The largest absolute Gasteiger partial charge is 0.388 e. The number of aryl methyl sites for hydroxylation is 2. The Morgan fingerprint density at radius 3 is 1.41 bits per heavy atom. The van der Waals surface area contributed by atoms with Crippen molar-refractivity contribution >= 4 is 46.4 Å². The Morgan fingerprint density at radius 2 is 1.00 bits per heavy atom. The summed E-state index contributed by atoms with van der Waals surface area (Å²) in [6, 6.07) is 12.4. The number of fused-ring (bicyclic) bond motifs is 8. The molecule has 5 heterocycles. The average Bonchev–Trinajstić information content (AvgIpc) is 3.46. The van der Waals surface area contributed by atoms with Gasteiger partial charge in [-0.25, -0.2) is 9.97 Å². The van der Waals surface area contributed by atoms with Gasteiger partial charge in [0.1, 0.15) is 0 Å². The molecule has 5 rings (SSSR count). The number of hydrogen-bond acceptors (Lipinski definition) is 3. The van der Waals surface area contributed by atoms with Crippen LogP contribution in [0.4, 0.5) is 0 Å². The molecule has 0 aromatic carbocycles. The molecule has 3 aromatic heterocycles. The molecule has 0 fully saturated rings. The smallest absolute Gasteiger partial charge is 0.0658 e. The molecule has 2 N–H and O–H groups in total. The SMILES string of the molecule is COC.Cc1c(C)c2cc3nc(cc4ccc(cc5nc(cc1[nH]2)C=C5)[nH]4)C=C3. The topological polar surface area (TPSA) is 66.6 Å². The van der Waals surface area contributed by atoms with Crippen LogP contribution in [0.5, 0.6) is 0 Å². The summed E-state index contributed by atoms with van der Waals surface area (Å²) < 4.78 is 4.25. The molecule has 2 aliphatic rings. The van der Waals surface area contributed by atoms with Gasteiger partial charge in [-0.3, -0.25) is 0 Å². The minimum atomic E-state index is 0.943. The van der Waals surface area contributed by atoms with Crippen molar-refractivity contribution in [2.45, 2.75) is 13.8 Å². The fourth-order valence-electron chi connectivity index (χ4n) is 3.35. The molecule has 0 saturated carbocycles. The molecule has 0 amide bonds. The Morgan fingerprint density at radius 1 is 0.621 bits per heavy atom. The van der Waals surface area contributed by atoms with E-state index in [1.54, 1.807) is 14.2 Å². The third-order valence-corrected chi connectivity index (χ3v) is 4.93. The molecule has 0 atom stereocenters. The number of hydrogen-bond donors (Lipinski definition) is 2. The summed E-state index contributed by atoms with van der Waals surface area (Å²) >= 11 is 0. The van der Waals surface area contributed by atoms with E-state index in [9.17, 15) is 0 Å². The summed E-state index contributed by atoms with van der Waals surface area (Å²) in [5.74, 6) is 0.